The molecule has 5 heteroatoms. The summed E-state index contributed by atoms with van der Waals surface area (Å²) in [6.45, 7) is 2.38. The fourth-order valence-corrected chi connectivity index (χ4v) is 1.77. The van der Waals surface area contributed by atoms with Gasteiger partial charge in [-0.25, -0.2) is 0 Å². The highest BCUT2D eigenvalue weighted by Gasteiger charge is 2.31. The van der Waals surface area contributed by atoms with Gasteiger partial charge in [-0.05, 0) is 6.08 Å². The van der Waals surface area contributed by atoms with E-state index in [9.17, 15) is 4.79 Å². The van der Waals surface area contributed by atoms with Crippen LogP contribution in [0.25, 0.3) is 0 Å². The van der Waals surface area contributed by atoms with Crippen molar-refractivity contribution in [1.29, 1.82) is 5.26 Å². The first-order valence-electron chi connectivity index (χ1n) is 5.02. The van der Waals surface area contributed by atoms with Crippen LogP contribution in [0.4, 0.5) is 0 Å². The first-order chi connectivity index (χ1) is 7.33. The van der Waals surface area contributed by atoms with E-state index in [1.165, 1.54) is 4.90 Å². The Hall–Kier alpha value is -1.38. The summed E-state index contributed by atoms with van der Waals surface area (Å²) < 4.78 is 5.35. The van der Waals surface area contributed by atoms with Gasteiger partial charge < -0.3 is 15.0 Å². The quantitative estimate of drug-likeness (QED) is 0.575. The van der Waals surface area contributed by atoms with E-state index in [2.05, 4.69) is 11.4 Å². The Balaban J connectivity index is 1.98. The molecule has 1 amide bonds. The van der Waals surface area contributed by atoms with E-state index < -0.39 is 12.1 Å². The molecule has 2 atom stereocenters. The van der Waals surface area contributed by atoms with Crippen molar-refractivity contribution in [2.45, 2.75) is 12.1 Å². The van der Waals surface area contributed by atoms with Crippen LogP contribution in [0.5, 0.6) is 0 Å². The molecule has 0 radical (unpaired) electrons. The topological polar surface area (TPSA) is 65.4 Å². The van der Waals surface area contributed by atoms with E-state index in [0.29, 0.717) is 19.7 Å². The van der Waals surface area contributed by atoms with E-state index in [1.54, 1.807) is 6.08 Å². The van der Waals surface area contributed by atoms with Gasteiger partial charge in [-0.2, -0.15) is 5.26 Å². The molecule has 0 aromatic heterocycles. The van der Waals surface area contributed by atoms with Gasteiger partial charge in [0.05, 0.1) is 12.7 Å². The van der Waals surface area contributed by atoms with Gasteiger partial charge >= 0.3 is 0 Å². The number of hydrogen-bond donors (Lipinski definition) is 1. The van der Waals surface area contributed by atoms with Crippen molar-refractivity contribution < 1.29 is 9.53 Å². The van der Waals surface area contributed by atoms with Crippen LogP contribution in [0.1, 0.15) is 0 Å². The summed E-state index contributed by atoms with van der Waals surface area (Å²) >= 11 is 0. The molecule has 1 N–H and O–H groups in total. The van der Waals surface area contributed by atoms with Crippen molar-refractivity contribution in [3.63, 3.8) is 0 Å². The minimum atomic E-state index is -0.436. The molecule has 80 valence electrons. The second kappa shape index (κ2) is 4.43. The third-order valence-corrected chi connectivity index (χ3v) is 2.57. The van der Waals surface area contributed by atoms with Gasteiger partial charge in [0.25, 0.3) is 5.91 Å². The number of morpholine rings is 1. The number of nitrogens with zero attached hydrogens (tertiary/aromatic N) is 2. The van der Waals surface area contributed by atoms with Crippen LogP contribution in [0.2, 0.25) is 0 Å². The third kappa shape index (κ3) is 2.01. The van der Waals surface area contributed by atoms with E-state index in [-0.39, 0.29) is 5.91 Å². The van der Waals surface area contributed by atoms with Crippen molar-refractivity contribution in [1.82, 2.24) is 10.2 Å². The van der Waals surface area contributed by atoms with Gasteiger partial charge in [-0.1, -0.05) is 6.08 Å². The highest BCUT2D eigenvalue weighted by Crippen LogP contribution is 2.12. The zero-order valence-electron chi connectivity index (χ0n) is 8.35. The van der Waals surface area contributed by atoms with Crippen molar-refractivity contribution >= 4 is 5.91 Å². The van der Waals surface area contributed by atoms with E-state index in [4.69, 9.17) is 10.00 Å². The minimum absolute atomic E-state index is 0.0984. The lowest BCUT2D eigenvalue weighted by Gasteiger charge is -2.28. The Morgan fingerprint density at radius 2 is 2.53 bits per heavy atom. The fourth-order valence-electron chi connectivity index (χ4n) is 1.77. The van der Waals surface area contributed by atoms with Crippen molar-refractivity contribution in [3.8, 4) is 6.07 Å². The lowest BCUT2D eigenvalue weighted by molar-refractivity contribution is -0.144. The normalized spacial score (nSPS) is 30.2. The Kier molecular flexibility index (Phi) is 2.99. The predicted molar refractivity (Wildman–Crippen MR) is 52.9 cm³/mol. The molecule has 1 saturated heterocycles. The second-order valence-electron chi connectivity index (χ2n) is 3.56. The maximum Gasteiger partial charge on any atom is 0.254 e. The first-order valence-corrected chi connectivity index (χ1v) is 5.02. The monoisotopic (exact) mass is 207 g/mol. The fraction of sp³-hybridized carbons (Fsp3) is 0.600. The summed E-state index contributed by atoms with van der Waals surface area (Å²) in [6, 6.07) is 1.65. The van der Waals surface area contributed by atoms with Crippen LogP contribution in [-0.2, 0) is 9.53 Å². The molecule has 0 spiro atoms. The van der Waals surface area contributed by atoms with Gasteiger partial charge in [0.2, 0.25) is 0 Å². The minimum Gasteiger partial charge on any atom is -0.366 e. The lowest BCUT2D eigenvalue weighted by Crippen LogP contribution is -2.50. The Morgan fingerprint density at radius 3 is 3.20 bits per heavy atom. The number of rotatable bonds is 1. The summed E-state index contributed by atoms with van der Waals surface area (Å²) in [4.78, 5) is 13.5. The highest BCUT2D eigenvalue weighted by molar-refractivity contribution is 5.82. The SMILES string of the molecule is N#CC1C=CCN1C(=O)C1CNCCO1. The van der Waals surface area contributed by atoms with E-state index in [0.717, 1.165) is 6.54 Å². The van der Waals surface area contributed by atoms with Gasteiger partial charge in [0.1, 0.15) is 12.1 Å². The average Bonchev–Trinajstić information content (AvgIpc) is 2.77. The molecule has 0 aliphatic carbocycles. The average molecular weight is 207 g/mol. The van der Waals surface area contributed by atoms with Gasteiger partial charge in [0, 0.05) is 19.6 Å². The predicted octanol–water partition coefficient (Wildman–Crippen LogP) is -0.735. The lowest BCUT2D eigenvalue weighted by atomic mass is 10.2. The summed E-state index contributed by atoms with van der Waals surface area (Å²) in [5.74, 6) is -0.0984. The number of carbonyl (C=O) groups is 1. The van der Waals surface area contributed by atoms with Crippen LogP contribution < -0.4 is 5.32 Å². The van der Waals surface area contributed by atoms with Gasteiger partial charge in [-0.15, -0.1) is 0 Å². The van der Waals surface area contributed by atoms with Crippen LogP contribution in [0.15, 0.2) is 12.2 Å². The molecule has 1 fully saturated rings. The highest BCUT2D eigenvalue weighted by atomic mass is 16.5. The molecule has 2 aliphatic heterocycles. The number of hydrogen-bond acceptors (Lipinski definition) is 4. The molecule has 2 aliphatic rings. The maximum absolute atomic E-state index is 11.9. The van der Waals surface area contributed by atoms with Crippen LogP contribution in [-0.4, -0.2) is 49.2 Å². The number of nitrogens with one attached hydrogen (secondary N) is 1. The van der Waals surface area contributed by atoms with Crippen molar-refractivity contribution in [2.24, 2.45) is 0 Å². The smallest absolute Gasteiger partial charge is 0.254 e. The van der Waals surface area contributed by atoms with Crippen LogP contribution >= 0.6 is 0 Å². The molecule has 15 heavy (non-hydrogen) atoms. The van der Waals surface area contributed by atoms with Crippen LogP contribution in [0, 0.1) is 11.3 Å². The summed E-state index contributed by atoms with van der Waals surface area (Å²) in [6.07, 6.45) is 3.14. The number of amides is 1. The second-order valence-corrected chi connectivity index (χ2v) is 3.56. The van der Waals surface area contributed by atoms with E-state index in [1.807, 2.05) is 6.08 Å². The first kappa shape index (κ1) is 10.1. The molecule has 2 heterocycles. The zero-order chi connectivity index (χ0) is 10.7. The summed E-state index contributed by atoms with van der Waals surface area (Å²) in [5, 5.41) is 11.9. The number of ether oxygens (including phenoxy) is 1. The van der Waals surface area contributed by atoms with Crippen molar-refractivity contribution in [3.05, 3.63) is 12.2 Å². The van der Waals surface area contributed by atoms with E-state index >= 15 is 0 Å². The largest absolute Gasteiger partial charge is 0.366 e. The molecule has 2 unspecified atom stereocenters. The standard InChI is InChI=1S/C10H13N3O2/c11-6-8-2-1-4-13(8)10(14)9-7-12-3-5-15-9/h1-2,8-9,12H,3-5,7H2. The van der Waals surface area contributed by atoms with Gasteiger partial charge in [0.15, 0.2) is 0 Å². The molecule has 0 bridgehead atoms. The Labute approximate surface area is 88.3 Å². The molecular formula is C10H13N3O2. The maximum atomic E-state index is 11.9. The third-order valence-electron chi connectivity index (χ3n) is 2.57. The van der Waals surface area contributed by atoms with Gasteiger partial charge in [-0.3, -0.25) is 4.79 Å². The number of carbonyl (C=O) groups excluding carboxylic acids is 1. The van der Waals surface area contributed by atoms with Crippen LogP contribution in [0.3, 0.4) is 0 Å². The Morgan fingerprint density at radius 1 is 1.67 bits per heavy atom. The molecule has 0 aromatic carbocycles. The summed E-state index contributed by atoms with van der Waals surface area (Å²) in [7, 11) is 0. The summed E-state index contributed by atoms with van der Waals surface area (Å²) in [5.41, 5.74) is 0. The molecule has 5 nitrogen and oxygen atoms in total. The molecular weight excluding hydrogens is 194 g/mol. The Bertz CT molecular complexity index is 315. The zero-order valence-corrected chi connectivity index (χ0v) is 8.35. The molecule has 2 rings (SSSR count). The number of nitriles is 1. The molecule has 0 saturated carbocycles. The molecule has 0 aromatic rings. The van der Waals surface area contributed by atoms with Crippen molar-refractivity contribution in [2.75, 3.05) is 26.2 Å².